The van der Waals surface area contributed by atoms with Crippen LogP contribution in [0.2, 0.25) is 0 Å². The maximum atomic E-state index is 13.1. The number of aryl methyl sites for hydroxylation is 2. The second-order valence-electron chi connectivity index (χ2n) is 8.26. The van der Waals surface area contributed by atoms with Crippen LogP contribution in [0.15, 0.2) is 60.7 Å². The summed E-state index contributed by atoms with van der Waals surface area (Å²) < 4.78 is 11.0. The first-order chi connectivity index (χ1) is 16.9. The van der Waals surface area contributed by atoms with Gasteiger partial charge in [-0.1, -0.05) is 31.2 Å². The minimum Gasteiger partial charge on any atom is -0.494 e. The van der Waals surface area contributed by atoms with Crippen molar-refractivity contribution in [1.82, 2.24) is 4.98 Å². The standard InChI is InChI=1S/C28H29N3O4/c1-5-18-11-12-22-21(13-18)20(17(2)29-22)14-27(32)30-23-15-26(35-4)24(16-25(23)34-3)31-28(33)19-9-7-6-8-10-19/h6-13,15-16,29H,5,14H2,1-4H3,(H,30,32)(H,31,33). The zero-order valence-electron chi connectivity index (χ0n) is 20.3. The van der Waals surface area contributed by atoms with Crippen LogP contribution in [0.1, 0.15) is 34.1 Å². The van der Waals surface area contributed by atoms with E-state index in [9.17, 15) is 9.59 Å². The number of rotatable bonds is 8. The van der Waals surface area contributed by atoms with Gasteiger partial charge in [-0.05, 0) is 48.7 Å². The van der Waals surface area contributed by atoms with Crippen LogP contribution >= 0.6 is 0 Å². The highest BCUT2D eigenvalue weighted by molar-refractivity contribution is 6.06. The molecule has 1 aromatic heterocycles. The molecule has 0 aliphatic carbocycles. The van der Waals surface area contributed by atoms with E-state index in [2.05, 4.69) is 40.7 Å². The average Bonchev–Trinajstić information content (AvgIpc) is 3.18. The number of hydrogen-bond acceptors (Lipinski definition) is 4. The molecular formula is C28H29N3O4. The van der Waals surface area contributed by atoms with Crippen LogP contribution in [0.5, 0.6) is 11.5 Å². The summed E-state index contributed by atoms with van der Waals surface area (Å²) in [5.74, 6) is 0.356. The lowest BCUT2D eigenvalue weighted by molar-refractivity contribution is -0.115. The molecule has 7 heteroatoms. The van der Waals surface area contributed by atoms with E-state index in [1.54, 1.807) is 36.4 Å². The van der Waals surface area contributed by atoms with E-state index in [0.29, 0.717) is 28.4 Å². The van der Waals surface area contributed by atoms with Crippen LogP contribution < -0.4 is 20.1 Å². The molecule has 0 saturated carbocycles. The van der Waals surface area contributed by atoms with Crippen molar-refractivity contribution in [3.63, 3.8) is 0 Å². The summed E-state index contributed by atoms with van der Waals surface area (Å²) in [5.41, 5.74) is 5.58. The number of H-pyrrole nitrogens is 1. The van der Waals surface area contributed by atoms with Gasteiger partial charge in [0, 0.05) is 34.3 Å². The van der Waals surface area contributed by atoms with Gasteiger partial charge in [-0.3, -0.25) is 9.59 Å². The Labute approximate surface area is 204 Å². The number of amides is 2. The maximum Gasteiger partial charge on any atom is 0.255 e. The lowest BCUT2D eigenvalue weighted by atomic mass is 10.0. The van der Waals surface area contributed by atoms with Crippen molar-refractivity contribution in [1.29, 1.82) is 0 Å². The van der Waals surface area contributed by atoms with Gasteiger partial charge >= 0.3 is 0 Å². The topological polar surface area (TPSA) is 92.5 Å². The highest BCUT2D eigenvalue weighted by Crippen LogP contribution is 2.37. The normalized spacial score (nSPS) is 10.7. The monoisotopic (exact) mass is 471 g/mol. The molecule has 3 N–H and O–H groups in total. The minimum absolute atomic E-state index is 0.183. The quantitative estimate of drug-likeness (QED) is 0.317. The smallest absolute Gasteiger partial charge is 0.255 e. The molecule has 3 aromatic carbocycles. The first-order valence-electron chi connectivity index (χ1n) is 11.5. The predicted molar refractivity (Wildman–Crippen MR) is 139 cm³/mol. The van der Waals surface area contributed by atoms with Crippen LogP contribution in [-0.2, 0) is 17.6 Å². The summed E-state index contributed by atoms with van der Waals surface area (Å²) in [4.78, 5) is 29.0. The second-order valence-corrected chi connectivity index (χ2v) is 8.26. The van der Waals surface area contributed by atoms with Crippen LogP contribution in [0.3, 0.4) is 0 Å². The summed E-state index contributed by atoms with van der Waals surface area (Å²) in [6, 6.07) is 18.5. The molecule has 4 aromatic rings. The second kappa shape index (κ2) is 10.3. The third-order valence-corrected chi connectivity index (χ3v) is 6.01. The molecule has 35 heavy (non-hydrogen) atoms. The molecule has 0 spiro atoms. The molecule has 0 atom stereocenters. The number of fused-ring (bicyclic) bond motifs is 1. The number of methoxy groups -OCH3 is 2. The van der Waals surface area contributed by atoms with E-state index in [1.807, 2.05) is 13.0 Å². The van der Waals surface area contributed by atoms with Gasteiger partial charge in [0.1, 0.15) is 11.5 Å². The number of carbonyl (C=O) groups is 2. The molecule has 0 aliphatic rings. The first kappa shape index (κ1) is 23.9. The van der Waals surface area contributed by atoms with Gasteiger partial charge in [-0.15, -0.1) is 0 Å². The van der Waals surface area contributed by atoms with Gasteiger partial charge < -0.3 is 25.1 Å². The predicted octanol–water partition coefficient (Wildman–Crippen LogP) is 5.49. The Bertz CT molecular complexity index is 1380. The number of aromatic nitrogens is 1. The fourth-order valence-corrected chi connectivity index (χ4v) is 4.11. The van der Waals surface area contributed by atoms with Gasteiger partial charge in [0.15, 0.2) is 0 Å². The number of nitrogens with one attached hydrogen (secondary N) is 3. The third-order valence-electron chi connectivity index (χ3n) is 6.01. The minimum atomic E-state index is -0.274. The van der Waals surface area contributed by atoms with Gasteiger partial charge in [0.05, 0.1) is 32.0 Å². The Hall–Kier alpha value is -4.26. The molecule has 0 bridgehead atoms. The van der Waals surface area contributed by atoms with Crippen molar-refractivity contribution >= 4 is 34.1 Å². The Balaban J connectivity index is 1.57. The van der Waals surface area contributed by atoms with Crippen molar-refractivity contribution in [3.8, 4) is 11.5 Å². The molecule has 180 valence electrons. The molecule has 0 fully saturated rings. The summed E-state index contributed by atoms with van der Waals surface area (Å²) in [6.45, 7) is 4.08. The molecule has 2 amide bonds. The number of benzene rings is 3. The molecule has 4 rings (SSSR count). The Morgan fingerprint density at radius 2 is 1.54 bits per heavy atom. The molecule has 0 saturated heterocycles. The lowest BCUT2D eigenvalue weighted by Gasteiger charge is -2.16. The van der Waals surface area contributed by atoms with Crippen molar-refractivity contribution in [2.24, 2.45) is 0 Å². The number of aromatic amines is 1. The van der Waals surface area contributed by atoms with Crippen LogP contribution in [0.4, 0.5) is 11.4 Å². The number of hydrogen-bond donors (Lipinski definition) is 3. The average molecular weight is 472 g/mol. The summed E-state index contributed by atoms with van der Waals surface area (Å²) in [5, 5.41) is 6.84. The number of ether oxygens (including phenoxy) is 2. The number of carbonyl (C=O) groups excluding carboxylic acids is 2. The molecule has 7 nitrogen and oxygen atoms in total. The van der Waals surface area contributed by atoms with E-state index in [1.165, 1.54) is 19.8 Å². The van der Waals surface area contributed by atoms with Crippen LogP contribution in [-0.4, -0.2) is 31.0 Å². The summed E-state index contributed by atoms with van der Waals surface area (Å²) >= 11 is 0. The summed E-state index contributed by atoms with van der Waals surface area (Å²) in [6.07, 6.45) is 1.13. The van der Waals surface area contributed by atoms with E-state index in [4.69, 9.17) is 9.47 Å². The van der Waals surface area contributed by atoms with E-state index in [0.717, 1.165) is 28.6 Å². The highest BCUT2D eigenvalue weighted by atomic mass is 16.5. The first-order valence-corrected chi connectivity index (χ1v) is 11.5. The van der Waals surface area contributed by atoms with Crippen LogP contribution in [0, 0.1) is 6.92 Å². The van der Waals surface area contributed by atoms with E-state index in [-0.39, 0.29) is 18.2 Å². The van der Waals surface area contributed by atoms with Crippen molar-refractivity contribution in [2.75, 3.05) is 24.9 Å². The van der Waals surface area contributed by atoms with Gasteiger partial charge in [0.25, 0.3) is 5.91 Å². The highest BCUT2D eigenvalue weighted by Gasteiger charge is 2.18. The zero-order valence-corrected chi connectivity index (χ0v) is 20.3. The SMILES string of the molecule is CCc1ccc2[nH]c(C)c(CC(=O)Nc3cc(OC)c(NC(=O)c4ccccc4)cc3OC)c2c1. The van der Waals surface area contributed by atoms with Gasteiger partial charge in [-0.2, -0.15) is 0 Å². The van der Waals surface area contributed by atoms with E-state index < -0.39 is 0 Å². The molecular weight excluding hydrogens is 442 g/mol. The van der Waals surface area contributed by atoms with E-state index >= 15 is 0 Å². The van der Waals surface area contributed by atoms with Gasteiger partial charge in [-0.25, -0.2) is 0 Å². The molecule has 0 aliphatic heterocycles. The summed E-state index contributed by atoms with van der Waals surface area (Å²) in [7, 11) is 3.02. The fraction of sp³-hybridized carbons (Fsp3) is 0.214. The Kier molecular flexibility index (Phi) is 7.06. The maximum absolute atomic E-state index is 13.1. The van der Waals surface area contributed by atoms with Gasteiger partial charge in [0.2, 0.25) is 5.91 Å². The van der Waals surface area contributed by atoms with Crippen molar-refractivity contribution in [3.05, 3.63) is 83.0 Å². The molecule has 1 heterocycles. The molecule has 0 radical (unpaired) electrons. The Morgan fingerprint density at radius 1 is 0.886 bits per heavy atom. The van der Waals surface area contributed by atoms with Crippen LogP contribution in [0.25, 0.3) is 10.9 Å². The molecule has 0 unspecified atom stereocenters. The third kappa shape index (κ3) is 5.14. The Morgan fingerprint density at radius 3 is 2.17 bits per heavy atom. The fourth-order valence-electron chi connectivity index (χ4n) is 4.11. The lowest BCUT2D eigenvalue weighted by Crippen LogP contribution is -2.16. The largest absolute Gasteiger partial charge is 0.494 e. The zero-order chi connectivity index (χ0) is 24.9. The van der Waals surface area contributed by atoms with Crippen molar-refractivity contribution in [2.45, 2.75) is 26.7 Å². The van der Waals surface area contributed by atoms with Crippen molar-refractivity contribution < 1.29 is 19.1 Å². The number of anilines is 2.